The van der Waals surface area contributed by atoms with Gasteiger partial charge < -0.3 is 9.47 Å². The van der Waals surface area contributed by atoms with Crippen molar-refractivity contribution in [2.24, 2.45) is 0 Å². The van der Waals surface area contributed by atoms with Crippen LogP contribution in [-0.2, 0) is 11.3 Å². The third-order valence-corrected chi connectivity index (χ3v) is 4.50. The van der Waals surface area contributed by atoms with Crippen LogP contribution in [-0.4, -0.2) is 28.6 Å². The highest BCUT2D eigenvalue weighted by Gasteiger charge is 2.07. The minimum Gasteiger partial charge on any atom is -0.489 e. The lowest BCUT2D eigenvalue weighted by Gasteiger charge is -2.07. The zero-order valence-corrected chi connectivity index (χ0v) is 17.2. The van der Waals surface area contributed by atoms with Crippen molar-refractivity contribution in [3.05, 3.63) is 89.3 Å². The summed E-state index contributed by atoms with van der Waals surface area (Å²) < 4.78 is 12.2. The van der Waals surface area contributed by atoms with Crippen molar-refractivity contribution in [1.29, 1.82) is 0 Å². The Labute approximate surface area is 175 Å². The molecule has 0 saturated heterocycles. The Morgan fingerprint density at radius 3 is 2.33 bits per heavy atom. The van der Waals surface area contributed by atoms with E-state index >= 15 is 0 Å². The van der Waals surface area contributed by atoms with Crippen LogP contribution in [0.3, 0.4) is 0 Å². The first-order valence-corrected chi connectivity index (χ1v) is 9.63. The molecule has 1 heterocycles. The van der Waals surface area contributed by atoms with Gasteiger partial charge in [0, 0.05) is 12.2 Å². The Hall–Kier alpha value is -3.67. The predicted octanol–water partition coefficient (Wildman–Crippen LogP) is 4.73. The van der Waals surface area contributed by atoms with Crippen molar-refractivity contribution in [3.63, 3.8) is 0 Å². The third kappa shape index (κ3) is 5.44. The third-order valence-electron chi connectivity index (χ3n) is 4.50. The van der Waals surface area contributed by atoms with Gasteiger partial charge in [0.2, 0.25) is 0 Å². The molecule has 30 heavy (non-hydrogen) atoms. The molecule has 0 atom stereocenters. The Kier molecular flexibility index (Phi) is 6.80. The molecule has 6 heteroatoms. The van der Waals surface area contributed by atoms with E-state index in [1.807, 2.05) is 50.2 Å². The lowest BCUT2D eigenvalue weighted by atomic mass is 10.1. The number of ether oxygens (including phenoxy) is 2. The molecular weight excluding hydrogens is 380 g/mol. The molecule has 0 spiro atoms. The van der Waals surface area contributed by atoms with Gasteiger partial charge in [0.15, 0.2) is 5.78 Å². The first-order chi connectivity index (χ1) is 14.5. The molecule has 154 valence electrons. The van der Waals surface area contributed by atoms with E-state index < -0.39 is 0 Å². The average Bonchev–Trinajstić information content (AvgIpc) is 3.27. The van der Waals surface area contributed by atoms with Crippen LogP contribution in [0.5, 0.6) is 5.75 Å². The molecule has 0 aliphatic heterocycles. The molecule has 0 saturated carbocycles. The highest BCUT2D eigenvalue weighted by Crippen LogP contribution is 2.16. The zero-order chi connectivity index (χ0) is 21.5. The Balaban J connectivity index is 1.54. The van der Waals surface area contributed by atoms with Gasteiger partial charge in [-0.3, -0.25) is 9.48 Å². The summed E-state index contributed by atoms with van der Waals surface area (Å²) in [6.45, 7) is 4.41. The fraction of sp³-hybridized carbons (Fsp3) is 0.208. The molecule has 0 N–H and O–H groups in total. The summed E-state index contributed by atoms with van der Waals surface area (Å²) >= 11 is 0. The molecular formula is C24H24N2O4. The molecule has 0 unspecified atom stereocenters. The average molecular weight is 404 g/mol. The standard InChI is InChI=1S/C24H24N2O4/c1-17(2)26-15-21(14-25-26)23(27)13-8-18-6-11-22(12-7-18)30-16-19-4-9-20(10-5-19)24(28)29-3/h4-15,17H,16H2,1-3H3/b13-8+. The Morgan fingerprint density at radius 2 is 1.73 bits per heavy atom. The fourth-order valence-electron chi connectivity index (χ4n) is 2.71. The van der Waals surface area contributed by atoms with Crippen LogP contribution >= 0.6 is 0 Å². The number of benzene rings is 2. The molecule has 0 aliphatic carbocycles. The molecule has 3 rings (SSSR count). The van der Waals surface area contributed by atoms with E-state index in [2.05, 4.69) is 9.84 Å². The number of carbonyl (C=O) groups is 2. The van der Waals surface area contributed by atoms with E-state index in [9.17, 15) is 9.59 Å². The maximum Gasteiger partial charge on any atom is 0.337 e. The number of nitrogens with zero attached hydrogens (tertiary/aromatic N) is 2. The van der Waals surface area contributed by atoms with Crippen molar-refractivity contribution in [2.45, 2.75) is 26.5 Å². The van der Waals surface area contributed by atoms with Crippen LogP contribution in [0.25, 0.3) is 6.08 Å². The fourth-order valence-corrected chi connectivity index (χ4v) is 2.71. The van der Waals surface area contributed by atoms with E-state index in [-0.39, 0.29) is 17.8 Å². The maximum absolute atomic E-state index is 12.3. The Bertz CT molecular complexity index is 1030. The second-order valence-corrected chi connectivity index (χ2v) is 7.05. The van der Waals surface area contributed by atoms with E-state index in [0.717, 1.165) is 11.1 Å². The van der Waals surface area contributed by atoms with Crippen LogP contribution in [0.1, 0.15) is 51.7 Å². The maximum atomic E-state index is 12.3. The topological polar surface area (TPSA) is 70.4 Å². The number of hydrogen-bond donors (Lipinski definition) is 0. The Morgan fingerprint density at radius 1 is 1.03 bits per heavy atom. The zero-order valence-electron chi connectivity index (χ0n) is 17.2. The van der Waals surface area contributed by atoms with Gasteiger partial charge in [0.05, 0.1) is 24.4 Å². The normalized spacial score (nSPS) is 11.1. The van der Waals surface area contributed by atoms with E-state index in [4.69, 9.17) is 4.74 Å². The summed E-state index contributed by atoms with van der Waals surface area (Å²) in [6, 6.07) is 14.8. The van der Waals surface area contributed by atoms with Crippen LogP contribution in [0, 0.1) is 0 Å². The van der Waals surface area contributed by atoms with Gasteiger partial charge in [-0.25, -0.2) is 4.79 Å². The molecule has 0 fully saturated rings. The summed E-state index contributed by atoms with van der Waals surface area (Å²) in [6.07, 6.45) is 6.65. The van der Waals surface area contributed by atoms with Crippen molar-refractivity contribution in [1.82, 2.24) is 9.78 Å². The van der Waals surface area contributed by atoms with Crippen molar-refractivity contribution >= 4 is 17.8 Å². The minimum absolute atomic E-state index is 0.0855. The molecule has 0 radical (unpaired) electrons. The van der Waals surface area contributed by atoms with Gasteiger partial charge in [-0.05, 0) is 55.3 Å². The molecule has 6 nitrogen and oxygen atoms in total. The quantitative estimate of drug-likeness (QED) is 0.308. The minimum atomic E-state index is -0.363. The summed E-state index contributed by atoms with van der Waals surface area (Å²) in [5.74, 6) is 0.268. The number of ketones is 1. The van der Waals surface area contributed by atoms with E-state index in [1.54, 1.807) is 41.4 Å². The predicted molar refractivity (Wildman–Crippen MR) is 115 cm³/mol. The van der Waals surface area contributed by atoms with Crippen LogP contribution in [0.2, 0.25) is 0 Å². The van der Waals surface area contributed by atoms with Gasteiger partial charge in [0.25, 0.3) is 0 Å². The van der Waals surface area contributed by atoms with Gasteiger partial charge in [-0.1, -0.05) is 30.3 Å². The van der Waals surface area contributed by atoms with Gasteiger partial charge in [-0.15, -0.1) is 0 Å². The summed E-state index contributed by atoms with van der Waals surface area (Å²) in [4.78, 5) is 23.7. The molecule has 2 aromatic carbocycles. The highest BCUT2D eigenvalue weighted by atomic mass is 16.5. The smallest absolute Gasteiger partial charge is 0.337 e. The van der Waals surface area contributed by atoms with Gasteiger partial charge in [-0.2, -0.15) is 5.10 Å². The second-order valence-electron chi connectivity index (χ2n) is 7.05. The lowest BCUT2D eigenvalue weighted by molar-refractivity contribution is 0.0600. The number of methoxy groups -OCH3 is 1. The van der Waals surface area contributed by atoms with Crippen LogP contribution in [0.4, 0.5) is 0 Å². The number of aromatic nitrogens is 2. The van der Waals surface area contributed by atoms with Crippen molar-refractivity contribution in [2.75, 3.05) is 7.11 Å². The number of esters is 1. The first kappa shape index (κ1) is 21.0. The molecule has 0 bridgehead atoms. The van der Waals surface area contributed by atoms with Gasteiger partial charge in [0.1, 0.15) is 12.4 Å². The largest absolute Gasteiger partial charge is 0.489 e. The second kappa shape index (κ2) is 9.69. The molecule has 0 aliphatic rings. The molecule has 0 amide bonds. The number of allylic oxidation sites excluding steroid dienone is 1. The lowest BCUT2D eigenvalue weighted by Crippen LogP contribution is -2.01. The van der Waals surface area contributed by atoms with E-state index in [1.165, 1.54) is 7.11 Å². The molecule has 3 aromatic rings. The number of hydrogen-bond acceptors (Lipinski definition) is 5. The summed E-state index contributed by atoms with van der Waals surface area (Å²) in [5.41, 5.74) is 2.91. The SMILES string of the molecule is COC(=O)c1ccc(COc2ccc(/C=C/C(=O)c3cnn(C(C)C)c3)cc2)cc1. The van der Waals surface area contributed by atoms with Crippen LogP contribution in [0.15, 0.2) is 67.0 Å². The first-order valence-electron chi connectivity index (χ1n) is 9.63. The molecule has 1 aromatic heterocycles. The number of rotatable bonds is 8. The van der Waals surface area contributed by atoms with Crippen molar-refractivity contribution in [3.8, 4) is 5.75 Å². The van der Waals surface area contributed by atoms with Gasteiger partial charge >= 0.3 is 5.97 Å². The summed E-state index contributed by atoms with van der Waals surface area (Å²) in [7, 11) is 1.36. The monoisotopic (exact) mass is 404 g/mol. The number of carbonyl (C=O) groups excluding carboxylic acids is 2. The van der Waals surface area contributed by atoms with Crippen molar-refractivity contribution < 1.29 is 19.1 Å². The van der Waals surface area contributed by atoms with Crippen LogP contribution < -0.4 is 4.74 Å². The summed E-state index contributed by atoms with van der Waals surface area (Å²) in [5, 5.41) is 4.19. The van der Waals surface area contributed by atoms with E-state index in [0.29, 0.717) is 23.5 Å². The highest BCUT2D eigenvalue weighted by molar-refractivity contribution is 6.06.